The zero-order valence-electron chi connectivity index (χ0n) is 18.5. The molecule has 0 radical (unpaired) electrons. The summed E-state index contributed by atoms with van der Waals surface area (Å²) in [6.07, 6.45) is 13.7. The zero-order valence-corrected chi connectivity index (χ0v) is 18.5. The number of aliphatic carboxylic acids is 1. The van der Waals surface area contributed by atoms with Crippen LogP contribution in [0.3, 0.4) is 0 Å². The van der Waals surface area contributed by atoms with E-state index in [9.17, 15) is 4.79 Å². The Kier molecular flexibility index (Phi) is 7.75. The number of benzene rings is 1. The molecule has 2 aliphatic rings. The fourth-order valence-electron chi connectivity index (χ4n) is 5.05. The van der Waals surface area contributed by atoms with Crippen molar-refractivity contribution in [3.8, 4) is 5.75 Å². The van der Waals surface area contributed by atoms with Gasteiger partial charge in [-0.2, -0.15) is 0 Å². The standard InChI is InChI=1S/C26H32N2O4/c29-25(30)18-31-24-13-5-11-22-19(9-4-12-23(22)24)14-16-32-28-26(20-7-2-1-3-8-20)21-10-6-15-27-17-21/h5-6,10-11,13,15,17,19-20H,1-4,7-9,12,14,16,18H2,(H,29,30)/b28-26-. The quantitative estimate of drug-likeness (QED) is 0.325. The molecule has 1 heterocycles. The molecule has 6 nitrogen and oxygen atoms in total. The lowest BCUT2D eigenvalue weighted by atomic mass is 9.81. The first-order chi connectivity index (χ1) is 15.7. The van der Waals surface area contributed by atoms with E-state index in [2.05, 4.69) is 22.3 Å². The van der Waals surface area contributed by atoms with Crippen LogP contribution in [0.2, 0.25) is 0 Å². The van der Waals surface area contributed by atoms with E-state index >= 15 is 0 Å². The van der Waals surface area contributed by atoms with Crippen LogP contribution in [0.15, 0.2) is 47.9 Å². The maximum Gasteiger partial charge on any atom is 0.341 e. The van der Waals surface area contributed by atoms with Gasteiger partial charge in [0.15, 0.2) is 6.61 Å². The van der Waals surface area contributed by atoms with Crippen molar-refractivity contribution >= 4 is 11.7 Å². The third kappa shape index (κ3) is 5.67. The van der Waals surface area contributed by atoms with Gasteiger partial charge < -0.3 is 14.7 Å². The second-order valence-corrected chi connectivity index (χ2v) is 8.77. The lowest BCUT2D eigenvalue weighted by Crippen LogP contribution is -2.20. The van der Waals surface area contributed by atoms with Gasteiger partial charge in [-0.3, -0.25) is 4.98 Å². The number of ether oxygens (including phenoxy) is 1. The molecule has 32 heavy (non-hydrogen) atoms. The Morgan fingerprint density at radius 1 is 1.09 bits per heavy atom. The average Bonchev–Trinajstić information content (AvgIpc) is 2.84. The highest BCUT2D eigenvalue weighted by molar-refractivity contribution is 6.01. The normalized spacial score (nSPS) is 19.2. The minimum Gasteiger partial charge on any atom is -0.482 e. The van der Waals surface area contributed by atoms with Crippen molar-refractivity contribution in [2.75, 3.05) is 13.2 Å². The van der Waals surface area contributed by atoms with E-state index in [1.54, 1.807) is 6.20 Å². The molecule has 1 N–H and O–H groups in total. The van der Waals surface area contributed by atoms with Gasteiger partial charge in [0.25, 0.3) is 0 Å². The maximum atomic E-state index is 10.9. The molecule has 4 rings (SSSR count). The molecule has 170 valence electrons. The van der Waals surface area contributed by atoms with Gasteiger partial charge in [0, 0.05) is 23.9 Å². The molecule has 2 aromatic rings. The Hall–Kier alpha value is -2.89. The van der Waals surface area contributed by atoms with Crippen LogP contribution in [-0.4, -0.2) is 35.0 Å². The number of nitrogens with zero attached hydrogens (tertiary/aromatic N) is 2. The fraction of sp³-hybridized carbons (Fsp3) is 0.500. The lowest BCUT2D eigenvalue weighted by molar-refractivity contribution is -0.139. The molecule has 1 unspecified atom stereocenters. The first-order valence-electron chi connectivity index (χ1n) is 11.8. The molecular weight excluding hydrogens is 404 g/mol. The van der Waals surface area contributed by atoms with Crippen LogP contribution in [-0.2, 0) is 16.1 Å². The summed E-state index contributed by atoms with van der Waals surface area (Å²) in [7, 11) is 0. The molecule has 0 amide bonds. The summed E-state index contributed by atoms with van der Waals surface area (Å²) in [5.41, 5.74) is 4.49. The van der Waals surface area contributed by atoms with Gasteiger partial charge >= 0.3 is 5.97 Å². The Morgan fingerprint density at radius 2 is 1.97 bits per heavy atom. The van der Waals surface area contributed by atoms with Gasteiger partial charge in [0.1, 0.15) is 12.4 Å². The van der Waals surface area contributed by atoms with Crippen molar-refractivity contribution in [2.45, 2.75) is 63.7 Å². The molecule has 1 aromatic carbocycles. The number of carboxylic acid groups (broad SMARTS) is 1. The largest absolute Gasteiger partial charge is 0.482 e. The minimum absolute atomic E-state index is 0.308. The molecule has 1 saturated carbocycles. The van der Waals surface area contributed by atoms with Gasteiger partial charge in [-0.1, -0.05) is 36.6 Å². The van der Waals surface area contributed by atoms with Crippen molar-refractivity contribution in [3.05, 3.63) is 59.4 Å². The number of oxime groups is 1. The summed E-state index contributed by atoms with van der Waals surface area (Å²) >= 11 is 0. The topological polar surface area (TPSA) is 81.0 Å². The lowest BCUT2D eigenvalue weighted by Gasteiger charge is -2.27. The number of rotatable bonds is 9. The van der Waals surface area contributed by atoms with Crippen molar-refractivity contribution < 1.29 is 19.5 Å². The molecule has 0 spiro atoms. The third-order valence-electron chi connectivity index (χ3n) is 6.61. The Balaban J connectivity index is 1.41. The molecule has 6 heteroatoms. The van der Waals surface area contributed by atoms with Gasteiger partial charge in [0.2, 0.25) is 0 Å². The molecule has 1 fully saturated rings. The zero-order chi connectivity index (χ0) is 22.2. The maximum absolute atomic E-state index is 10.9. The van der Waals surface area contributed by atoms with Crippen molar-refractivity contribution in [3.63, 3.8) is 0 Å². The molecular formula is C26H32N2O4. The van der Waals surface area contributed by atoms with Crippen LogP contribution in [0.5, 0.6) is 5.75 Å². The molecule has 0 aliphatic heterocycles. The number of carboxylic acids is 1. The van der Waals surface area contributed by atoms with Crippen LogP contribution in [0.25, 0.3) is 0 Å². The molecule has 2 aliphatic carbocycles. The Labute approximate surface area is 189 Å². The summed E-state index contributed by atoms with van der Waals surface area (Å²) in [6, 6.07) is 9.99. The predicted octanol–water partition coefficient (Wildman–Crippen LogP) is 5.36. The van der Waals surface area contributed by atoms with Gasteiger partial charge in [-0.05, 0) is 73.8 Å². The number of fused-ring (bicyclic) bond motifs is 1. The number of hydrogen-bond acceptors (Lipinski definition) is 5. The Bertz CT molecular complexity index is 923. The van der Waals surface area contributed by atoms with Crippen LogP contribution >= 0.6 is 0 Å². The third-order valence-corrected chi connectivity index (χ3v) is 6.61. The van der Waals surface area contributed by atoms with Crippen molar-refractivity contribution in [1.29, 1.82) is 0 Å². The summed E-state index contributed by atoms with van der Waals surface area (Å²) in [5, 5.41) is 13.5. The van der Waals surface area contributed by atoms with Gasteiger partial charge in [-0.15, -0.1) is 0 Å². The van der Waals surface area contributed by atoms with E-state index in [1.165, 1.54) is 24.8 Å². The van der Waals surface area contributed by atoms with E-state index in [0.717, 1.165) is 55.4 Å². The molecule has 1 aromatic heterocycles. The van der Waals surface area contributed by atoms with Gasteiger partial charge in [0.05, 0.1) is 5.71 Å². The highest BCUT2D eigenvalue weighted by Gasteiger charge is 2.24. The SMILES string of the molecule is O=C(O)COc1cccc2c1CCCC2CCO/N=C(\c1cccnc1)C1CCCCC1. The minimum atomic E-state index is -0.955. The predicted molar refractivity (Wildman–Crippen MR) is 123 cm³/mol. The summed E-state index contributed by atoms with van der Waals surface area (Å²) < 4.78 is 5.53. The summed E-state index contributed by atoms with van der Waals surface area (Å²) in [4.78, 5) is 21.1. The smallest absolute Gasteiger partial charge is 0.341 e. The average molecular weight is 437 g/mol. The van der Waals surface area contributed by atoms with Crippen LogP contribution in [0, 0.1) is 5.92 Å². The van der Waals surface area contributed by atoms with Crippen molar-refractivity contribution in [2.24, 2.45) is 11.1 Å². The van der Waals surface area contributed by atoms with E-state index in [4.69, 9.17) is 14.7 Å². The highest BCUT2D eigenvalue weighted by atomic mass is 16.6. The van der Waals surface area contributed by atoms with E-state index in [0.29, 0.717) is 24.2 Å². The van der Waals surface area contributed by atoms with Crippen LogP contribution < -0.4 is 4.74 Å². The number of carbonyl (C=O) groups is 1. The summed E-state index contributed by atoms with van der Waals surface area (Å²) in [5.74, 6) is 0.560. The fourth-order valence-corrected chi connectivity index (χ4v) is 5.05. The second-order valence-electron chi connectivity index (χ2n) is 8.77. The monoisotopic (exact) mass is 436 g/mol. The molecule has 1 atom stereocenters. The first-order valence-corrected chi connectivity index (χ1v) is 11.8. The highest BCUT2D eigenvalue weighted by Crippen LogP contribution is 2.38. The van der Waals surface area contributed by atoms with Crippen molar-refractivity contribution in [1.82, 2.24) is 4.98 Å². The second kappa shape index (κ2) is 11.1. The molecule has 0 saturated heterocycles. The van der Waals surface area contributed by atoms with Crippen LogP contribution in [0.1, 0.15) is 74.0 Å². The van der Waals surface area contributed by atoms with E-state index in [1.807, 2.05) is 24.4 Å². The van der Waals surface area contributed by atoms with Gasteiger partial charge in [-0.25, -0.2) is 4.79 Å². The van der Waals surface area contributed by atoms with Crippen LogP contribution in [0.4, 0.5) is 0 Å². The molecule has 0 bridgehead atoms. The number of aromatic nitrogens is 1. The number of pyridine rings is 1. The first kappa shape index (κ1) is 22.3. The van der Waals surface area contributed by atoms with E-state index < -0.39 is 5.97 Å². The Morgan fingerprint density at radius 3 is 2.75 bits per heavy atom. The van der Waals surface area contributed by atoms with E-state index in [-0.39, 0.29) is 6.61 Å². The number of hydrogen-bond donors (Lipinski definition) is 1. The summed E-state index contributed by atoms with van der Waals surface area (Å²) in [6.45, 7) is 0.248.